The first-order valence-corrected chi connectivity index (χ1v) is 8.20. The van der Waals surface area contributed by atoms with Crippen LogP contribution < -0.4 is 0 Å². The van der Waals surface area contributed by atoms with Crippen LogP contribution in [0.1, 0.15) is 36.6 Å². The second kappa shape index (κ2) is 6.51. The SMILES string of the molecule is CC(C)c1c(CC(=O)O)c2ccc(O)cc2n1Cc1cccc(O)c1. The summed E-state index contributed by atoms with van der Waals surface area (Å²) in [6.07, 6.45) is -0.0676. The van der Waals surface area contributed by atoms with Crippen molar-refractivity contribution in [2.75, 3.05) is 0 Å². The molecule has 0 aliphatic carbocycles. The molecule has 5 heteroatoms. The molecule has 0 unspecified atom stereocenters. The number of phenolic OH excluding ortho intramolecular Hbond substituents is 2. The zero-order valence-electron chi connectivity index (χ0n) is 14.2. The van der Waals surface area contributed by atoms with E-state index < -0.39 is 5.97 Å². The van der Waals surface area contributed by atoms with E-state index in [9.17, 15) is 20.1 Å². The van der Waals surface area contributed by atoms with Crippen LogP contribution in [0.25, 0.3) is 10.9 Å². The summed E-state index contributed by atoms with van der Waals surface area (Å²) in [5, 5.41) is 29.8. The number of nitrogens with zero attached hydrogens (tertiary/aromatic N) is 1. The summed E-state index contributed by atoms with van der Waals surface area (Å²) in [6.45, 7) is 4.54. The molecule has 3 rings (SSSR count). The molecule has 0 saturated carbocycles. The van der Waals surface area contributed by atoms with Gasteiger partial charge in [-0.1, -0.05) is 26.0 Å². The molecule has 3 aromatic rings. The number of rotatable bonds is 5. The molecular weight excluding hydrogens is 318 g/mol. The number of aliphatic carboxylic acids is 1. The molecule has 0 saturated heterocycles. The van der Waals surface area contributed by atoms with Gasteiger partial charge in [0, 0.05) is 23.7 Å². The first kappa shape index (κ1) is 16.9. The third kappa shape index (κ3) is 3.31. The molecule has 3 N–H and O–H groups in total. The highest BCUT2D eigenvalue weighted by Crippen LogP contribution is 2.34. The first-order valence-electron chi connectivity index (χ1n) is 8.20. The van der Waals surface area contributed by atoms with E-state index in [0.29, 0.717) is 6.54 Å². The molecule has 1 heterocycles. The second-order valence-electron chi connectivity index (χ2n) is 6.55. The number of fused-ring (bicyclic) bond motifs is 1. The number of carbonyl (C=O) groups is 1. The number of carboxylic acid groups (broad SMARTS) is 1. The molecular formula is C20H21NO4. The van der Waals surface area contributed by atoms with Gasteiger partial charge < -0.3 is 19.9 Å². The third-order valence-corrected chi connectivity index (χ3v) is 4.32. The van der Waals surface area contributed by atoms with Crippen molar-refractivity contribution in [2.24, 2.45) is 0 Å². The summed E-state index contributed by atoms with van der Waals surface area (Å²) in [5.74, 6) is -0.444. The van der Waals surface area contributed by atoms with Crippen LogP contribution in [0.2, 0.25) is 0 Å². The number of aromatic hydroxyl groups is 2. The van der Waals surface area contributed by atoms with Gasteiger partial charge in [0.25, 0.3) is 0 Å². The molecule has 0 atom stereocenters. The number of carboxylic acids is 1. The van der Waals surface area contributed by atoms with Crippen molar-refractivity contribution >= 4 is 16.9 Å². The normalized spacial score (nSPS) is 11.3. The van der Waals surface area contributed by atoms with Crippen molar-refractivity contribution in [3.63, 3.8) is 0 Å². The van der Waals surface area contributed by atoms with Crippen molar-refractivity contribution < 1.29 is 20.1 Å². The van der Waals surface area contributed by atoms with Crippen LogP contribution in [0.4, 0.5) is 0 Å². The second-order valence-corrected chi connectivity index (χ2v) is 6.55. The molecule has 2 aromatic carbocycles. The summed E-state index contributed by atoms with van der Waals surface area (Å²) < 4.78 is 2.03. The summed E-state index contributed by atoms with van der Waals surface area (Å²) in [6, 6.07) is 12.0. The summed E-state index contributed by atoms with van der Waals surface area (Å²) in [4.78, 5) is 11.4. The lowest BCUT2D eigenvalue weighted by atomic mass is 10.0. The Balaban J connectivity index is 2.25. The molecule has 0 fully saturated rings. The van der Waals surface area contributed by atoms with Crippen LogP contribution >= 0.6 is 0 Å². The molecule has 0 aliphatic heterocycles. The van der Waals surface area contributed by atoms with Gasteiger partial charge in [-0.15, -0.1) is 0 Å². The van der Waals surface area contributed by atoms with E-state index in [-0.39, 0.29) is 23.8 Å². The van der Waals surface area contributed by atoms with E-state index in [4.69, 9.17) is 0 Å². The Morgan fingerprint density at radius 2 is 1.80 bits per heavy atom. The maximum absolute atomic E-state index is 11.4. The average Bonchev–Trinajstić information content (AvgIpc) is 2.80. The standard InChI is InChI=1S/C20H21NO4/c1-12(2)20-17(10-19(24)25)16-7-6-15(23)9-18(16)21(20)11-13-4-3-5-14(22)8-13/h3-9,12,22-23H,10-11H2,1-2H3,(H,24,25). The molecule has 0 amide bonds. The van der Waals surface area contributed by atoms with Crippen molar-refractivity contribution in [3.8, 4) is 11.5 Å². The highest BCUT2D eigenvalue weighted by Gasteiger charge is 2.21. The van der Waals surface area contributed by atoms with Crippen LogP contribution in [0, 0.1) is 0 Å². The Morgan fingerprint density at radius 1 is 1.08 bits per heavy atom. The monoisotopic (exact) mass is 339 g/mol. The minimum Gasteiger partial charge on any atom is -0.508 e. The maximum Gasteiger partial charge on any atom is 0.307 e. The summed E-state index contributed by atoms with van der Waals surface area (Å²) in [5.41, 5.74) is 3.41. The van der Waals surface area contributed by atoms with Gasteiger partial charge >= 0.3 is 5.97 Å². The number of benzene rings is 2. The Bertz CT molecular complexity index is 940. The number of hydrogen-bond donors (Lipinski definition) is 3. The zero-order chi connectivity index (χ0) is 18.1. The number of phenols is 2. The third-order valence-electron chi connectivity index (χ3n) is 4.32. The number of hydrogen-bond acceptors (Lipinski definition) is 3. The molecule has 1 aromatic heterocycles. The predicted molar refractivity (Wildman–Crippen MR) is 96.2 cm³/mol. The molecule has 0 bridgehead atoms. The minimum absolute atomic E-state index is 0.0676. The van der Waals surface area contributed by atoms with E-state index in [1.54, 1.807) is 36.4 Å². The van der Waals surface area contributed by atoms with E-state index in [2.05, 4.69) is 0 Å². The van der Waals surface area contributed by atoms with Gasteiger partial charge in [0.2, 0.25) is 0 Å². The zero-order valence-corrected chi connectivity index (χ0v) is 14.2. The first-order chi connectivity index (χ1) is 11.9. The maximum atomic E-state index is 11.4. The van der Waals surface area contributed by atoms with Crippen molar-refractivity contribution in [1.29, 1.82) is 0 Å². The van der Waals surface area contributed by atoms with Crippen LogP contribution in [0.15, 0.2) is 42.5 Å². The fraction of sp³-hybridized carbons (Fsp3) is 0.250. The van der Waals surface area contributed by atoms with Crippen molar-refractivity contribution in [1.82, 2.24) is 4.57 Å². The minimum atomic E-state index is -0.883. The lowest BCUT2D eigenvalue weighted by Crippen LogP contribution is -2.09. The quantitative estimate of drug-likeness (QED) is 0.659. The lowest BCUT2D eigenvalue weighted by Gasteiger charge is -2.15. The van der Waals surface area contributed by atoms with E-state index in [1.165, 1.54) is 0 Å². The molecule has 130 valence electrons. The lowest BCUT2D eigenvalue weighted by molar-refractivity contribution is -0.136. The number of aromatic nitrogens is 1. The smallest absolute Gasteiger partial charge is 0.307 e. The highest BCUT2D eigenvalue weighted by atomic mass is 16.4. The van der Waals surface area contributed by atoms with Gasteiger partial charge in [0.15, 0.2) is 0 Å². The van der Waals surface area contributed by atoms with Gasteiger partial charge in [-0.2, -0.15) is 0 Å². The Kier molecular flexibility index (Phi) is 4.40. The van der Waals surface area contributed by atoms with Gasteiger partial charge in [0.05, 0.1) is 11.9 Å². The molecule has 0 radical (unpaired) electrons. The average molecular weight is 339 g/mol. The van der Waals surface area contributed by atoms with Gasteiger partial charge in [-0.25, -0.2) is 0 Å². The Labute approximate surface area is 145 Å². The van der Waals surface area contributed by atoms with Crippen LogP contribution in [-0.2, 0) is 17.8 Å². The predicted octanol–water partition coefficient (Wildman–Crippen LogP) is 3.85. The summed E-state index contributed by atoms with van der Waals surface area (Å²) in [7, 11) is 0. The Morgan fingerprint density at radius 3 is 2.44 bits per heavy atom. The van der Waals surface area contributed by atoms with Gasteiger partial charge in [-0.05, 0) is 41.3 Å². The van der Waals surface area contributed by atoms with E-state index in [0.717, 1.165) is 27.7 Å². The fourth-order valence-electron chi connectivity index (χ4n) is 3.43. The molecule has 5 nitrogen and oxygen atoms in total. The van der Waals surface area contributed by atoms with Gasteiger partial charge in [-0.3, -0.25) is 4.79 Å². The van der Waals surface area contributed by atoms with E-state index in [1.807, 2.05) is 24.5 Å². The van der Waals surface area contributed by atoms with Gasteiger partial charge in [0.1, 0.15) is 11.5 Å². The summed E-state index contributed by atoms with van der Waals surface area (Å²) >= 11 is 0. The van der Waals surface area contributed by atoms with Crippen LogP contribution in [-0.4, -0.2) is 25.9 Å². The molecule has 0 aliphatic rings. The van der Waals surface area contributed by atoms with E-state index >= 15 is 0 Å². The van der Waals surface area contributed by atoms with Crippen molar-refractivity contribution in [3.05, 3.63) is 59.3 Å². The largest absolute Gasteiger partial charge is 0.508 e. The molecule has 0 spiro atoms. The van der Waals surface area contributed by atoms with Crippen LogP contribution in [0.3, 0.4) is 0 Å². The molecule has 25 heavy (non-hydrogen) atoms. The highest BCUT2D eigenvalue weighted by molar-refractivity contribution is 5.90. The Hall–Kier alpha value is -2.95. The topological polar surface area (TPSA) is 82.7 Å². The van der Waals surface area contributed by atoms with Crippen LogP contribution in [0.5, 0.6) is 11.5 Å². The fourth-order valence-corrected chi connectivity index (χ4v) is 3.43. The van der Waals surface area contributed by atoms with Crippen molar-refractivity contribution in [2.45, 2.75) is 32.7 Å².